The summed E-state index contributed by atoms with van der Waals surface area (Å²) in [5.41, 5.74) is 0. The molecule has 28 heavy (non-hydrogen) atoms. The molecule has 2 saturated heterocycles. The van der Waals surface area contributed by atoms with Crippen LogP contribution >= 0.6 is 11.6 Å². The van der Waals surface area contributed by atoms with Crippen LogP contribution in [0.25, 0.3) is 0 Å². The molecule has 2 aliphatic heterocycles. The van der Waals surface area contributed by atoms with Crippen molar-refractivity contribution in [3.63, 3.8) is 0 Å². The van der Waals surface area contributed by atoms with Crippen LogP contribution in [0, 0.1) is 5.92 Å². The second-order valence-electron chi connectivity index (χ2n) is 7.44. The fourth-order valence-electron chi connectivity index (χ4n) is 3.75. The van der Waals surface area contributed by atoms with Gasteiger partial charge >= 0.3 is 0 Å². The smallest absolute Gasteiger partial charge is 0.211 e. The molecule has 1 aromatic heterocycles. The number of pyridine rings is 1. The van der Waals surface area contributed by atoms with Crippen LogP contribution in [0.1, 0.15) is 19.3 Å². The summed E-state index contributed by atoms with van der Waals surface area (Å²) in [6.07, 6.45) is 5.76. The molecule has 1 unspecified atom stereocenters. The lowest BCUT2D eigenvalue weighted by molar-refractivity contribution is 0.274. The van der Waals surface area contributed by atoms with Crippen molar-refractivity contribution in [3.8, 4) is 0 Å². The Bertz CT molecular complexity index is 795. The van der Waals surface area contributed by atoms with Crippen LogP contribution in [0.3, 0.4) is 0 Å². The summed E-state index contributed by atoms with van der Waals surface area (Å²) in [7, 11) is -1.31. The minimum atomic E-state index is -3.07. The lowest BCUT2D eigenvalue weighted by Crippen LogP contribution is -2.47. The largest absolute Gasteiger partial charge is 0.356 e. The van der Waals surface area contributed by atoms with Gasteiger partial charge in [0.05, 0.1) is 11.3 Å². The zero-order chi connectivity index (χ0) is 20.1. The fraction of sp³-hybridized carbons (Fsp3) is 0.667. The van der Waals surface area contributed by atoms with E-state index in [1.165, 1.54) is 6.26 Å². The number of guanidine groups is 1. The van der Waals surface area contributed by atoms with E-state index in [9.17, 15) is 8.42 Å². The first kappa shape index (κ1) is 21.1. The van der Waals surface area contributed by atoms with Gasteiger partial charge in [-0.1, -0.05) is 11.6 Å². The van der Waals surface area contributed by atoms with Crippen molar-refractivity contribution in [3.05, 3.63) is 23.4 Å². The third kappa shape index (κ3) is 5.48. The van der Waals surface area contributed by atoms with E-state index in [0.717, 1.165) is 50.7 Å². The Hall–Kier alpha value is -1.58. The Morgan fingerprint density at radius 3 is 2.71 bits per heavy atom. The van der Waals surface area contributed by atoms with Gasteiger partial charge in [-0.3, -0.25) is 4.99 Å². The molecule has 0 aromatic carbocycles. The van der Waals surface area contributed by atoms with Gasteiger partial charge in [0.25, 0.3) is 0 Å². The van der Waals surface area contributed by atoms with Crippen molar-refractivity contribution in [2.45, 2.75) is 25.3 Å². The van der Waals surface area contributed by atoms with Gasteiger partial charge in [-0.15, -0.1) is 0 Å². The molecule has 3 rings (SSSR count). The maximum atomic E-state index is 11.6. The Balaban J connectivity index is 1.44. The number of hydrogen-bond acceptors (Lipinski definition) is 5. The van der Waals surface area contributed by atoms with Crippen molar-refractivity contribution < 1.29 is 8.42 Å². The van der Waals surface area contributed by atoms with Crippen molar-refractivity contribution >= 4 is 33.4 Å². The van der Waals surface area contributed by atoms with E-state index in [1.807, 2.05) is 12.1 Å². The van der Waals surface area contributed by atoms with Gasteiger partial charge in [0.1, 0.15) is 5.82 Å². The summed E-state index contributed by atoms with van der Waals surface area (Å²) >= 11 is 6.26. The highest BCUT2D eigenvalue weighted by molar-refractivity contribution is 7.88. The number of aromatic nitrogens is 1. The molecule has 1 atom stereocenters. The Kier molecular flexibility index (Phi) is 7.00. The second kappa shape index (κ2) is 9.28. The van der Waals surface area contributed by atoms with Crippen molar-refractivity contribution in [2.24, 2.45) is 10.9 Å². The van der Waals surface area contributed by atoms with Crippen LogP contribution in [-0.4, -0.2) is 75.7 Å². The van der Waals surface area contributed by atoms with Crippen LogP contribution in [-0.2, 0) is 10.0 Å². The number of halogens is 1. The molecule has 8 nitrogen and oxygen atoms in total. The summed E-state index contributed by atoms with van der Waals surface area (Å²) < 4.78 is 24.8. The van der Waals surface area contributed by atoms with Gasteiger partial charge in [-0.05, 0) is 37.3 Å². The van der Waals surface area contributed by atoms with Gasteiger partial charge in [0.2, 0.25) is 10.0 Å². The molecule has 0 spiro atoms. The normalized spacial score (nSPS) is 22.5. The number of nitrogens with one attached hydrogen (secondary N) is 2. The van der Waals surface area contributed by atoms with E-state index in [4.69, 9.17) is 11.6 Å². The SMILES string of the molecule is CN=C(NCC1CCN(S(C)(=O)=O)CC1)NC1CCN(c2ncccc2Cl)C1. The average Bonchev–Trinajstić information content (AvgIpc) is 3.13. The van der Waals surface area contributed by atoms with Gasteiger partial charge < -0.3 is 15.5 Å². The molecule has 0 saturated carbocycles. The minimum Gasteiger partial charge on any atom is -0.356 e. The summed E-state index contributed by atoms with van der Waals surface area (Å²) in [6.45, 7) is 3.71. The van der Waals surface area contributed by atoms with Crippen molar-refractivity contribution in [1.82, 2.24) is 19.9 Å². The zero-order valence-corrected chi connectivity index (χ0v) is 18.0. The predicted molar refractivity (Wildman–Crippen MR) is 114 cm³/mol. The summed E-state index contributed by atoms with van der Waals surface area (Å²) in [5.74, 6) is 2.06. The van der Waals surface area contributed by atoms with E-state index in [0.29, 0.717) is 24.0 Å². The molecule has 10 heteroatoms. The van der Waals surface area contributed by atoms with E-state index >= 15 is 0 Å². The molecule has 2 aliphatic rings. The molecule has 0 bridgehead atoms. The number of anilines is 1. The molecule has 2 fully saturated rings. The third-order valence-electron chi connectivity index (χ3n) is 5.39. The van der Waals surface area contributed by atoms with E-state index < -0.39 is 10.0 Å². The quantitative estimate of drug-likeness (QED) is 0.540. The first-order valence-electron chi connectivity index (χ1n) is 9.64. The molecular formula is C18H29ClN6O2S. The second-order valence-corrected chi connectivity index (χ2v) is 9.83. The lowest BCUT2D eigenvalue weighted by Gasteiger charge is -2.30. The molecule has 0 radical (unpaired) electrons. The van der Waals surface area contributed by atoms with Crippen molar-refractivity contribution in [2.75, 3.05) is 50.9 Å². The first-order valence-corrected chi connectivity index (χ1v) is 11.9. The monoisotopic (exact) mass is 428 g/mol. The summed E-state index contributed by atoms with van der Waals surface area (Å²) in [5, 5.41) is 7.55. The van der Waals surface area contributed by atoms with Crippen LogP contribution in [0.15, 0.2) is 23.3 Å². The maximum absolute atomic E-state index is 11.6. The Morgan fingerprint density at radius 2 is 2.07 bits per heavy atom. The van der Waals surface area contributed by atoms with Gasteiger partial charge in [0.15, 0.2) is 5.96 Å². The van der Waals surface area contributed by atoms with Gasteiger partial charge in [-0.2, -0.15) is 0 Å². The average molecular weight is 429 g/mol. The zero-order valence-electron chi connectivity index (χ0n) is 16.4. The molecule has 1 aromatic rings. The summed E-state index contributed by atoms with van der Waals surface area (Å²) in [4.78, 5) is 10.9. The number of hydrogen-bond donors (Lipinski definition) is 2. The van der Waals surface area contributed by atoms with Crippen molar-refractivity contribution in [1.29, 1.82) is 0 Å². The first-order chi connectivity index (χ1) is 13.4. The van der Waals surface area contributed by atoms with Crippen LogP contribution in [0.5, 0.6) is 0 Å². The Morgan fingerprint density at radius 1 is 1.32 bits per heavy atom. The summed E-state index contributed by atoms with van der Waals surface area (Å²) in [6, 6.07) is 3.97. The topological polar surface area (TPSA) is 89.9 Å². The molecule has 2 N–H and O–H groups in total. The molecule has 3 heterocycles. The number of rotatable bonds is 5. The molecular weight excluding hydrogens is 400 g/mol. The highest BCUT2D eigenvalue weighted by Crippen LogP contribution is 2.25. The van der Waals surface area contributed by atoms with E-state index in [1.54, 1.807) is 17.5 Å². The fourth-order valence-corrected chi connectivity index (χ4v) is 4.87. The number of nitrogens with zero attached hydrogens (tertiary/aromatic N) is 4. The van der Waals surface area contributed by atoms with E-state index in [2.05, 4.69) is 25.5 Å². The Labute approximate surface area is 172 Å². The van der Waals surface area contributed by atoms with E-state index in [-0.39, 0.29) is 6.04 Å². The minimum absolute atomic E-state index is 0.274. The lowest BCUT2D eigenvalue weighted by atomic mass is 9.98. The third-order valence-corrected chi connectivity index (χ3v) is 6.99. The van der Waals surface area contributed by atoms with Crippen LogP contribution < -0.4 is 15.5 Å². The van der Waals surface area contributed by atoms with Crippen LogP contribution in [0.4, 0.5) is 5.82 Å². The highest BCUT2D eigenvalue weighted by atomic mass is 35.5. The number of piperidine rings is 1. The molecule has 0 amide bonds. The maximum Gasteiger partial charge on any atom is 0.211 e. The molecule has 0 aliphatic carbocycles. The highest BCUT2D eigenvalue weighted by Gasteiger charge is 2.27. The number of sulfonamides is 1. The number of aliphatic imine (C=N–C) groups is 1. The predicted octanol–water partition coefficient (Wildman–Crippen LogP) is 1.15. The standard InChI is InChI=1S/C18H29ClN6O2S/c1-20-18(22-12-14-5-10-25(11-6-14)28(2,26)27)23-15-7-9-24(13-15)17-16(19)4-3-8-21-17/h3-4,8,14-15H,5-7,9-13H2,1-2H3,(H2,20,22,23). The van der Waals surface area contributed by atoms with Crippen LogP contribution in [0.2, 0.25) is 5.02 Å². The van der Waals surface area contributed by atoms with Gasteiger partial charge in [0, 0.05) is 52.0 Å². The molecule has 156 valence electrons. The van der Waals surface area contributed by atoms with Gasteiger partial charge in [-0.25, -0.2) is 17.7 Å².